The maximum Gasteiger partial charge on any atom is 0.258 e. The molecule has 6 heteroatoms. The Kier molecular flexibility index (Phi) is 3.37. The Hall–Kier alpha value is -2.37. The molecule has 0 bridgehead atoms. The molecule has 0 N–H and O–H groups in total. The van der Waals surface area contributed by atoms with E-state index in [1.165, 1.54) is 0 Å². The van der Waals surface area contributed by atoms with Gasteiger partial charge in [0.1, 0.15) is 12.2 Å². The number of fused-ring (bicyclic) bond motifs is 3. The molecule has 0 aliphatic carbocycles. The van der Waals surface area contributed by atoms with Gasteiger partial charge in [0.05, 0.1) is 11.3 Å². The van der Waals surface area contributed by atoms with Crippen LogP contribution in [0.5, 0.6) is 0 Å². The quantitative estimate of drug-likeness (QED) is 0.829. The second kappa shape index (κ2) is 5.33. The summed E-state index contributed by atoms with van der Waals surface area (Å²) in [6.45, 7) is 3.45. The second-order valence-electron chi connectivity index (χ2n) is 6.94. The van der Waals surface area contributed by atoms with E-state index < -0.39 is 5.66 Å². The van der Waals surface area contributed by atoms with Crippen LogP contribution in [0.1, 0.15) is 43.0 Å². The number of anilines is 1. The zero-order chi connectivity index (χ0) is 16.9. The average molecular weight is 327 g/mol. The Bertz CT molecular complexity index is 726. The minimum atomic E-state index is -0.752. The van der Waals surface area contributed by atoms with Crippen molar-refractivity contribution in [1.29, 1.82) is 0 Å². The van der Waals surface area contributed by atoms with Crippen molar-refractivity contribution in [2.45, 2.75) is 38.3 Å². The van der Waals surface area contributed by atoms with Crippen LogP contribution in [0.3, 0.4) is 0 Å². The fourth-order valence-corrected chi connectivity index (χ4v) is 4.14. The topological polar surface area (TPSA) is 60.9 Å². The molecule has 1 aromatic rings. The molecule has 0 radical (unpaired) electrons. The van der Waals surface area contributed by atoms with Crippen molar-refractivity contribution in [2.24, 2.45) is 0 Å². The van der Waals surface area contributed by atoms with E-state index in [0.29, 0.717) is 24.1 Å². The third kappa shape index (κ3) is 2.05. The number of amides is 3. The van der Waals surface area contributed by atoms with Gasteiger partial charge in [0.25, 0.3) is 5.91 Å². The van der Waals surface area contributed by atoms with Crippen LogP contribution < -0.4 is 4.90 Å². The first-order chi connectivity index (χ1) is 11.5. The van der Waals surface area contributed by atoms with Gasteiger partial charge in [-0.3, -0.25) is 19.3 Å². The summed E-state index contributed by atoms with van der Waals surface area (Å²) in [7, 11) is 0. The van der Waals surface area contributed by atoms with E-state index in [-0.39, 0.29) is 24.3 Å². The summed E-state index contributed by atoms with van der Waals surface area (Å²) in [6.07, 6.45) is 2.99. The van der Waals surface area contributed by atoms with Gasteiger partial charge in [-0.2, -0.15) is 0 Å². The van der Waals surface area contributed by atoms with Crippen LogP contribution in [0.2, 0.25) is 0 Å². The zero-order valence-corrected chi connectivity index (χ0v) is 13.8. The Morgan fingerprint density at radius 2 is 1.88 bits per heavy atom. The van der Waals surface area contributed by atoms with Crippen molar-refractivity contribution in [3.05, 3.63) is 29.8 Å². The molecule has 2 fully saturated rings. The number of hydrogen-bond acceptors (Lipinski definition) is 3. The molecule has 1 atom stereocenters. The van der Waals surface area contributed by atoms with E-state index in [4.69, 9.17) is 0 Å². The lowest BCUT2D eigenvalue weighted by atomic mass is 9.98. The van der Waals surface area contributed by atoms with Crippen molar-refractivity contribution in [1.82, 2.24) is 9.80 Å². The molecule has 3 aliphatic rings. The molecule has 1 unspecified atom stereocenters. The number of carbonyl (C=O) groups excluding carboxylic acids is 3. The highest BCUT2D eigenvalue weighted by Gasteiger charge is 2.53. The van der Waals surface area contributed by atoms with Crippen molar-refractivity contribution >= 4 is 23.4 Å². The molecule has 24 heavy (non-hydrogen) atoms. The summed E-state index contributed by atoms with van der Waals surface area (Å²) in [6, 6.07) is 7.17. The van der Waals surface area contributed by atoms with Gasteiger partial charge in [-0.15, -0.1) is 0 Å². The number of para-hydroxylation sites is 1. The Morgan fingerprint density at radius 1 is 1.17 bits per heavy atom. The molecule has 0 spiro atoms. The number of carbonyl (C=O) groups is 3. The maximum atomic E-state index is 13.0. The van der Waals surface area contributed by atoms with Gasteiger partial charge < -0.3 is 9.80 Å². The predicted octanol–water partition coefficient (Wildman–Crippen LogP) is 1.61. The van der Waals surface area contributed by atoms with Gasteiger partial charge in [-0.25, -0.2) is 0 Å². The Labute approximate surface area is 141 Å². The highest BCUT2D eigenvalue weighted by Crippen LogP contribution is 2.43. The van der Waals surface area contributed by atoms with Crippen LogP contribution in [0.15, 0.2) is 24.3 Å². The zero-order valence-electron chi connectivity index (χ0n) is 13.8. The van der Waals surface area contributed by atoms with E-state index in [2.05, 4.69) is 0 Å². The maximum absolute atomic E-state index is 13.0. The normalized spacial score (nSPS) is 26.0. The summed E-state index contributed by atoms with van der Waals surface area (Å²) in [5.74, 6) is -0.177. The summed E-state index contributed by atoms with van der Waals surface area (Å²) in [4.78, 5) is 43.2. The highest BCUT2D eigenvalue weighted by molar-refractivity contribution is 6.11. The highest BCUT2D eigenvalue weighted by atomic mass is 16.2. The second-order valence-corrected chi connectivity index (χ2v) is 6.94. The smallest absolute Gasteiger partial charge is 0.258 e. The Morgan fingerprint density at radius 3 is 2.62 bits per heavy atom. The van der Waals surface area contributed by atoms with Crippen molar-refractivity contribution in [3.63, 3.8) is 0 Å². The van der Waals surface area contributed by atoms with Crippen molar-refractivity contribution in [3.8, 4) is 0 Å². The van der Waals surface area contributed by atoms with Crippen LogP contribution in [0.25, 0.3) is 0 Å². The molecule has 3 aliphatic heterocycles. The van der Waals surface area contributed by atoms with Crippen LogP contribution in [-0.2, 0) is 9.59 Å². The molecule has 3 amide bonds. The number of likely N-dealkylation sites (tertiary alicyclic amines) is 1. The first kappa shape index (κ1) is 15.2. The standard InChI is InChI=1S/C18H21N3O3/c1-18-9-8-15(22)21(18)14-7-3-2-6-13(14)17(24)20(18)12-16(23)19-10-4-5-11-19/h2-3,6-7H,4-5,8-12H2,1H3. The fourth-order valence-electron chi connectivity index (χ4n) is 4.14. The minimum Gasteiger partial charge on any atom is -0.341 e. The Balaban J connectivity index is 1.72. The van der Waals surface area contributed by atoms with E-state index in [0.717, 1.165) is 25.9 Å². The van der Waals surface area contributed by atoms with Crippen LogP contribution >= 0.6 is 0 Å². The van der Waals surface area contributed by atoms with Gasteiger partial charge >= 0.3 is 0 Å². The third-order valence-electron chi connectivity index (χ3n) is 5.50. The predicted molar refractivity (Wildman–Crippen MR) is 88.4 cm³/mol. The number of benzene rings is 1. The van der Waals surface area contributed by atoms with Gasteiger partial charge in [0.15, 0.2) is 0 Å². The average Bonchev–Trinajstić information content (AvgIpc) is 3.21. The summed E-state index contributed by atoms with van der Waals surface area (Å²) in [5.41, 5.74) is 0.412. The molecule has 6 nitrogen and oxygen atoms in total. The first-order valence-corrected chi connectivity index (χ1v) is 8.54. The largest absolute Gasteiger partial charge is 0.341 e. The fraction of sp³-hybridized carbons (Fsp3) is 0.500. The molecule has 3 heterocycles. The minimum absolute atomic E-state index is 0.0103. The van der Waals surface area contributed by atoms with Crippen LogP contribution in [0, 0.1) is 0 Å². The molecule has 0 aromatic heterocycles. The molecular formula is C18H21N3O3. The summed E-state index contributed by atoms with van der Waals surface area (Å²) in [5, 5.41) is 0. The van der Waals surface area contributed by atoms with Crippen molar-refractivity contribution in [2.75, 3.05) is 24.5 Å². The van der Waals surface area contributed by atoms with E-state index in [1.54, 1.807) is 21.9 Å². The first-order valence-electron chi connectivity index (χ1n) is 8.54. The van der Waals surface area contributed by atoms with Gasteiger partial charge in [-0.05, 0) is 38.3 Å². The van der Waals surface area contributed by atoms with E-state index in [1.807, 2.05) is 24.0 Å². The lowest BCUT2D eigenvalue weighted by Crippen LogP contribution is -2.63. The third-order valence-corrected chi connectivity index (χ3v) is 5.50. The van der Waals surface area contributed by atoms with Gasteiger partial charge in [-0.1, -0.05) is 12.1 Å². The molecule has 4 rings (SSSR count). The summed E-state index contributed by atoms with van der Waals surface area (Å²) >= 11 is 0. The number of nitrogens with zero attached hydrogens (tertiary/aromatic N) is 3. The van der Waals surface area contributed by atoms with E-state index in [9.17, 15) is 14.4 Å². The van der Waals surface area contributed by atoms with Crippen LogP contribution in [-0.4, -0.2) is 52.8 Å². The van der Waals surface area contributed by atoms with Gasteiger partial charge in [0.2, 0.25) is 11.8 Å². The number of hydrogen-bond donors (Lipinski definition) is 0. The lowest BCUT2D eigenvalue weighted by Gasteiger charge is -2.48. The SMILES string of the molecule is CC12CCC(=O)N1c1ccccc1C(=O)N2CC(=O)N1CCCC1. The molecule has 2 saturated heterocycles. The van der Waals surface area contributed by atoms with Crippen molar-refractivity contribution < 1.29 is 14.4 Å². The molecular weight excluding hydrogens is 306 g/mol. The monoisotopic (exact) mass is 327 g/mol. The molecule has 1 aromatic carbocycles. The molecule has 126 valence electrons. The van der Waals surface area contributed by atoms with Crippen LogP contribution in [0.4, 0.5) is 5.69 Å². The lowest BCUT2D eigenvalue weighted by molar-refractivity contribution is -0.132. The van der Waals surface area contributed by atoms with Gasteiger partial charge in [0, 0.05) is 19.5 Å². The number of rotatable bonds is 2. The molecule has 0 saturated carbocycles. The summed E-state index contributed by atoms with van der Waals surface area (Å²) < 4.78 is 0. The van der Waals surface area contributed by atoms with E-state index >= 15 is 0 Å².